The maximum atomic E-state index is 5.43. The van der Waals surface area contributed by atoms with Crippen LogP contribution in [-0.4, -0.2) is 19.3 Å². The molecule has 86 valence electrons. The van der Waals surface area contributed by atoms with Crippen LogP contribution in [0.15, 0.2) is 24.3 Å². The third-order valence-corrected chi connectivity index (χ3v) is 3.85. The van der Waals surface area contributed by atoms with Crippen LogP contribution in [0.25, 0.3) is 0 Å². The maximum Gasteiger partial charge on any atom is 0.0620 e. The van der Waals surface area contributed by atoms with Crippen molar-refractivity contribution in [1.29, 1.82) is 0 Å². The predicted molar refractivity (Wildman–Crippen MR) is 64.4 cm³/mol. The number of benzene rings is 1. The summed E-state index contributed by atoms with van der Waals surface area (Å²) in [6.07, 6.45) is 2.37. The van der Waals surface area contributed by atoms with Crippen LogP contribution in [0.4, 0.5) is 0 Å². The Balaban J connectivity index is 1.79. The zero-order valence-corrected chi connectivity index (χ0v) is 9.78. The fraction of sp³-hybridized carbons (Fsp3) is 0.571. The lowest BCUT2D eigenvalue weighted by atomic mass is 10.0. The second kappa shape index (κ2) is 4.19. The summed E-state index contributed by atoms with van der Waals surface area (Å²) in [5.41, 5.74) is 3.02. The Hall–Kier alpha value is -0.860. The van der Waals surface area contributed by atoms with E-state index in [0.717, 1.165) is 19.6 Å². The average Bonchev–Trinajstić information content (AvgIpc) is 2.89. The van der Waals surface area contributed by atoms with Crippen LogP contribution in [-0.2, 0) is 11.2 Å². The fourth-order valence-electron chi connectivity index (χ4n) is 2.97. The van der Waals surface area contributed by atoms with Gasteiger partial charge in [-0.3, -0.25) is 0 Å². The average molecular weight is 217 g/mol. The zero-order chi connectivity index (χ0) is 11.0. The van der Waals surface area contributed by atoms with Gasteiger partial charge in [0.15, 0.2) is 0 Å². The highest BCUT2D eigenvalue weighted by atomic mass is 16.5. The van der Waals surface area contributed by atoms with E-state index in [2.05, 4.69) is 36.5 Å². The second-order valence-electron chi connectivity index (χ2n) is 5.09. The highest BCUT2D eigenvalue weighted by Crippen LogP contribution is 2.36. The van der Waals surface area contributed by atoms with Crippen LogP contribution in [0.5, 0.6) is 0 Å². The molecular formula is C14H19NO. The van der Waals surface area contributed by atoms with Crippen molar-refractivity contribution in [3.8, 4) is 0 Å². The smallest absolute Gasteiger partial charge is 0.0620 e. The van der Waals surface area contributed by atoms with Gasteiger partial charge in [0.1, 0.15) is 0 Å². The molecule has 1 N–H and O–H groups in total. The Morgan fingerprint density at radius 1 is 1.31 bits per heavy atom. The molecule has 1 saturated heterocycles. The Morgan fingerprint density at radius 3 is 3.00 bits per heavy atom. The largest absolute Gasteiger partial charge is 0.380 e. The van der Waals surface area contributed by atoms with E-state index >= 15 is 0 Å². The predicted octanol–water partition coefficient (Wildman–Crippen LogP) is 2.30. The SMILES string of the molecule is CC1Cc2ccccc2C1NC1CCOC1. The molecule has 1 aromatic carbocycles. The topological polar surface area (TPSA) is 21.3 Å². The Labute approximate surface area is 97.0 Å². The first-order chi connectivity index (χ1) is 7.84. The monoisotopic (exact) mass is 217 g/mol. The van der Waals surface area contributed by atoms with E-state index in [4.69, 9.17) is 4.74 Å². The van der Waals surface area contributed by atoms with Gasteiger partial charge in [0.2, 0.25) is 0 Å². The van der Waals surface area contributed by atoms with E-state index in [1.165, 1.54) is 17.5 Å². The molecule has 3 rings (SSSR count). The first-order valence-corrected chi connectivity index (χ1v) is 6.26. The van der Waals surface area contributed by atoms with Crippen molar-refractivity contribution in [2.45, 2.75) is 31.8 Å². The quantitative estimate of drug-likeness (QED) is 0.820. The van der Waals surface area contributed by atoms with Crippen LogP contribution in [0, 0.1) is 5.92 Å². The van der Waals surface area contributed by atoms with Crippen LogP contribution >= 0.6 is 0 Å². The molecule has 2 nitrogen and oxygen atoms in total. The Kier molecular flexibility index (Phi) is 2.70. The highest BCUT2D eigenvalue weighted by Gasteiger charge is 2.31. The number of rotatable bonds is 2. The van der Waals surface area contributed by atoms with Crippen molar-refractivity contribution in [2.24, 2.45) is 5.92 Å². The first-order valence-electron chi connectivity index (χ1n) is 6.26. The van der Waals surface area contributed by atoms with Gasteiger partial charge in [0, 0.05) is 18.7 Å². The molecule has 1 heterocycles. The minimum absolute atomic E-state index is 0.530. The minimum atomic E-state index is 0.530. The molecular weight excluding hydrogens is 198 g/mol. The van der Waals surface area contributed by atoms with Gasteiger partial charge in [-0.25, -0.2) is 0 Å². The van der Waals surface area contributed by atoms with E-state index in [9.17, 15) is 0 Å². The fourth-order valence-corrected chi connectivity index (χ4v) is 2.97. The van der Waals surface area contributed by atoms with Gasteiger partial charge in [-0.1, -0.05) is 31.2 Å². The standard InChI is InChI=1S/C14H19NO/c1-10-8-11-4-2-3-5-13(11)14(10)15-12-6-7-16-9-12/h2-5,10,12,14-15H,6-9H2,1H3. The molecule has 3 atom stereocenters. The molecule has 0 spiro atoms. The number of hydrogen-bond acceptors (Lipinski definition) is 2. The molecule has 3 unspecified atom stereocenters. The third kappa shape index (κ3) is 1.76. The molecule has 16 heavy (non-hydrogen) atoms. The molecule has 0 bridgehead atoms. The number of fused-ring (bicyclic) bond motifs is 1. The first kappa shape index (κ1) is 10.3. The van der Waals surface area contributed by atoms with Crippen LogP contribution < -0.4 is 5.32 Å². The second-order valence-corrected chi connectivity index (χ2v) is 5.09. The van der Waals surface area contributed by atoms with Gasteiger partial charge < -0.3 is 10.1 Å². The van der Waals surface area contributed by atoms with Crippen molar-refractivity contribution in [3.63, 3.8) is 0 Å². The minimum Gasteiger partial charge on any atom is -0.380 e. The summed E-state index contributed by atoms with van der Waals surface area (Å²) in [6.45, 7) is 4.14. The van der Waals surface area contributed by atoms with Gasteiger partial charge in [-0.05, 0) is 29.9 Å². The number of hydrogen-bond donors (Lipinski definition) is 1. The van der Waals surface area contributed by atoms with Gasteiger partial charge in [0.25, 0.3) is 0 Å². The molecule has 2 heteroatoms. The van der Waals surface area contributed by atoms with E-state index in [1.54, 1.807) is 0 Å². The number of nitrogens with one attached hydrogen (secondary N) is 1. The Bertz CT molecular complexity index is 371. The van der Waals surface area contributed by atoms with Crippen LogP contribution in [0.3, 0.4) is 0 Å². The molecule has 1 aromatic rings. The lowest BCUT2D eigenvalue weighted by molar-refractivity contribution is 0.186. The van der Waals surface area contributed by atoms with Gasteiger partial charge in [-0.2, -0.15) is 0 Å². The van der Waals surface area contributed by atoms with Crippen molar-refractivity contribution < 1.29 is 4.74 Å². The van der Waals surface area contributed by atoms with Crippen LogP contribution in [0.2, 0.25) is 0 Å². The van der Waals surface area contributed by atoms with Crippen molar-refractivity contribution in [2.75, 3.05) is 13.2 Å². The van der Waals surface area contributed by atoms with Crippen molar-refractivity contribution >= 4 is 0 Å². The molecule has 2 aliphatic rings. The number of ether oxygens (including phenoxy) is 1. The van der Waals surface area contributed by atoms with Crippen molar-refractivity contribution in [1.82, 2.24) is 5.32 Å². The van der Waals surface area contributed by atoms with Crippen LogP contribution in [0.1, 0.15) is 30.5 Å². The lowest BCUT2D eigenvalue weighted by Gasteiger charge is -2.22. The lowest BCUT2D eigenvalue weighted by Crippen LogP contribution is -2.34. The molecule has 1 aliphatic carbocycles. The molecule has 1 aliphatic heterocycles. The van der Waals surface area contributed by atoms with E-state index in [1.807, 2.05) is 0 Å². The van der Waals surface area contributed by atoms with E-state index in [-0.39, 0.29) is 0 Å². The summed E-state index contributed by atoms with van der Waals surface area (Å²) in [5.74, 6) is 0.706. The molecule has 0 radical (unpaired) electrons. The summed E-state index contributed by atoms with van der Waals surface area (Å²) in [5, 5.41) is 3.76. The third-order valence-electron chi connectivity index (χ3n) is 3.85. The summed E-state index contributed by atoms with van der Waals surface area (Å²) >= 11 is 0. The molecule has 1 fully saturated rings. The van der Waals surface area contributed by atoms with E-state index in [0.29, 0.717) is 18.0 Å². The van der Waals surface area contributed by atoms with Gasteiger partial charge in [0.05, 0.1) is 6.61 Å². The van der Waals surface area contributed by atoms with Gasteiger partial charge >= 0.3 is 0 Å². The summed E-state index contributed by atoms with van der Waals surface area (Å²) < 4.78 is 5.43. The van der Waals surface area contributed by atoms with Gasteiger partial charge in [-0.15, -0.1) is 0 Å². The summed E-state index contributed by atoms with van der Waals surface area (Å²) in [6, 6.07) is 9.91. The zero-order valence-electron chi connectivity index (χ0n) is 9.78. The molecule has 0 saturated carbocycles. The molecule has 0 amide bonds. The summed E-state index contributed by atoms with van der Waals surface area (Å²) in [7, 11) is 0. The summed E-state index contributed by atoms with van der Waals surface area (Å²) in [4.78, 5) is 0. The van der Waals surface area contributed by atoms with E-state index < -0.39 is 0 Å². The maximum absolute atomic E-state index is 5.43. The van der Waals surface area contributed by atoms with Crippen molar-refractivity contribution in [3.05, 3.63) is 35.4 Å². The molecule has 0 aromatic heterocycles. The Morgan fingerprint density at radius 2 is 2.19 bits per heavy atom. The highest BCUT2D eigenvalue weighted by molar-refractivity contribution is 5.35. The normalized spacial score (nSPS) is 32.9.